The smallest absolute Gasteiger partial charge is 0.0130 e. The lowest BCUT2D eigenvalue weighted by atomic mass is 10.4. The van der Waals surface area contributed by atoms with Crippen LogP contribution in [0, 0.1) is 3.57 Å². The van der Waals surface area contributed by atoms with Gasteiger partial charge in [0, 0.05) is 3.57 Å². The van der Waals surface area contributed by atoms with Crippen LogP contribution in [0.1, 0.15) is 0 Å². The molecule has 0 fully saturated rings. The molecule has 1 aromatic rings. The van der Waals surface area contributed by atoms with Crippen molar-refractivity contribution >= 4 is 22.6 Å². The van der Waals surface area contributed by atoms with Gasteiger partial charge in [0.05, 0.1) is 0 Å². The Kier molecular flexibility index (Phi) is 5.98. The van der Waals surface area contributed by atoms with Gasteiger partial charge < -0.3 is 5.73 Å². The maximum Gasteiger partial charge on any atom is 0.0130 e. The van der Waals surface area contributed by atoms with Gasteiger partial charge >= 0.3 is 0 Å². The second kappa shape index (κ2) is 6.04. The highest BCUT2D eigenvalue weighted by Gasteiger charge is 1.74. The molecule has 0 aromatic heterocycles. The molecule has 1 nitrogen and oxygen atoms in total. The van der Waals surface area contributed by atoms with Crippen LogP contribution in [0.5, 0.6) is 0 Å². The first-order valence-electron chi connectivity index (χ1n) is 2.68. The molecule has 0 amide bonds. The third-order valence-corrected chi connectivity index (χ3v) is 1.45. The molecular formula is C7H10IN. The topological polar surface area (TPSA) is 26.0 Å². The Morgan fingerprint density at radius 3 is 1.78 bits per heavy atom. The standard InChI is InChI=1S/C6H5I.CH5N/c7-6-4-2-1-3-5-6;1-2/h1-5H;2H2,1H3. The molecule has 0 aliphatic carbocycles. The molecule has 2 N–H and O–H groups in total. The van der Waals surface area contributed by atoms with E-state index < -0.39 is 0 Å². The van der Waals surface area contributed by atoms with E-state index in [4.69, 9.17) is 0 Å². The molecule has 0 unspecified atom stereocenters. The lowest BCUT2D eigenvalue weighted by Gasteiger charge is -1.80. The molecule has 0 heterocycles. The molecule has 0 saturated carbocycles. The lowest BCUT2D eigenvalue weighted by molar-refractivity contribution is 1.48. The zero-order valence-corrected chi connectivity index (χ0v) is 7.50. The summed E-state index contributed by atoms with van der Waals surface area (Å²) in [5.41, 5.74) is 4.50. The van der Waals surface area contributed by atoms with Crippen LogP contribution in [-0.4, -0.2) is 7.05 Å². The maximum atomic E-state index is 4.50. The summed E-state index contributed by atoms with van der Waals surface area (Å²) in [6, 6.07) is 10.2. The second-order valence-corrected chi connectivity index (χ2v) is 2.54. The number of hydrogen-bond acceptors (Lipinski definition) is 1. The van der Waals surface area contributed by atoms with Gasteiger partial charge in [-0.15, -0.1) is 0 Å². The molecule has 1 aromatic carbocycles. The van der Waals surface area contributed by atoms with Crippen molar-refractivity contribution in [2.75, 3.05) is 7.05 Å². The van der Waals surface area contributed by atoms with E-state index in [9.17, 15) is 0 Å². The molecule has 0 aliphatic heterocycles. The Balaban J connectivity index is 0.000000291. The van der Waals surface area contributed by atoms with Gasteiger partial charge in [-0.2, -0.15) is 0 Å². The van der Waals surface area contributed by atoms with Crippen molar-refractivity contribution in [1.82, 2.24) is 0 Å². The van der Waals surface area contributed by atoms with Crippen molar-refractivity contribution in [3.63, 3.8) is 0 Å². The predicted octanol–water partition coefficient (Wildman–Crippen LogP) is 1.87. The summed E-state index contributed by atoms with van der Waals surface area (Å²) in [6.45, 7) is 0. The Morgan fingerprint density at radius 2 is 1.56 bits per heavy atom. The second-order valence-electron chi connectivity index (χ2n) is 1.30. The molecular weight excluding hydrogens is 225 g/mol. The number of hydrogen-bond donors (Lipinski definition) is 1. The highest BCUT2D eigenvalue weighted by atomic mass is 127. The largest absolute Gasteiger partial charge is 0.333 e. The van der Waals surface area contributed by atoms with Crippen LogP contribution < -0.4 is 5.73 Å². The number of benzene rings is 1. The molecule has 0 atom stereocenters. The first-order chi connectivity index (χ1) is 4.39. The highest BCUT2D eigenvalue weighted by molar-refractivity contribution is 14.1. The van der Waals surface area contributed by atoms with E-state index >= 15 is 0 Å². The van der Waals surface area contributed by atoms with Crippen LogP contribution in [0.4, 0.5) is 0 Å². The summed E-state index contributed by atoms with van der Waals surface area (Å²) >= 11 is 2.28. The molecule has 0 saturated heterocycles. The SMILES string of the molecule is CN.Ic1ccccc1. The number of halogens is 1. The van der Waals surface area contributed by atoms with Crippen LogP contribution in [0.2, 0.25) is 0 Å². The normalized spacial score (nSPS) is 7.44. The van der Waals surface area contributed by atoms with Crippen molar-refractivity contribution in [2.24, 2.45) is 5.73 Å². The van der Waals surface area contributed by atoms with E-state index in [2.05, 4.69) is 40.5 Å². The lowest BCUT2D eigenvalue weighted by Crippen LogP contribution is -1.69. The summed E-state index contributed by atoms with van der Waals surface area (Å²) in [4.78, 5) is 0. The first-order valence-corrected chi connectivity index (χ1v) is 3.76. The Labute approximate surface area is 69.4 Å². The molecule has 0 radical (unpaired) electrons. The summed E-state index contributed by atoms with van der Waals surface area (Å²) in [7, 11) is 1.50. The van der Waals surface area contributed by atoms with Crippen LogP contribution >= 0.6 is 22.6 Å². The van der Waals surface area contributed by atoms with Crippen LogP contribution in [0.15, 0.2) is 30.3 Å². The monoisotopic (exact) mass is 235 g/mol. The van der Waals surface area contributed by atoms with Crippen molar-refractivity contribution < 1.29 is 0 Å². The third-order valence-electron chi connectivity index (χ3n) is 0.733. The maximum absolute atomic E-state index is 4.50. The van der Waals surface area contributed by atoms with Gasteiger partial charge in [-0.1, -0.05) is 18.2 Å². The fraction of sp³-hybridized carbons (Fsp3) is 0.143. The zero-order chi connectivity index (χ0) is 7.11. The average Bonchev–Trinajstić information content (AvgIpc) is 1.94. The molecule has 50 valence electrons. The van der Waals surface area contributed by atoms with Gasteiger partial charge in [0.1, 0.15) is 0 Å². The van der Waals surface area contributed by atoms with Gasteiger partial charge in [0.2, 0.25) is 0 Å². The van der Waals surface area contributed by atoms with E-state index in [1.807, 2.05) is 18.2 Å². The first kappa shape index (κ1) is 8.91. The fourth-order valence-electron chi connectivity index (χ4n) is 0.415. The number of rotatable bonds is 0. The van der Waals surface area contributed by atoms with Gasteiger partial charge in [-0.25, -0.2) is 0 Å². The molecule has 0 spiro atoms. The summed E-state index contributed by atoms with van der Waals surface area (Å²) in [5, 5.41) is 0. The fourth-order valence-corrected chi connectivity index (χ4v) is 0.830. The molecule has 0 aliphatic rings. The van der Waals surface area contributed by atoms with Crippen molar-refractivity contribution in [3.05, 3.63) is 33.9 Å². The molecule has 0 bridgehead atoms. The van der Waals surface area contributed by atoms with E-state index in [0.29, 0.717) is 0 Å². The summed E-state index contributed by atoms with van der Waals surface area (Å²) in [5.74, 6) is 0. The predicted molar refractivity (Wildman–Crippen MR) is 49.3 cm³/mol. The van der Waals surface area contributed by atoms with E-state index in [1.54, 1.807) is 0 Å². The Bertz CT molecular complexity index is 139. The highest BCUT2D eigenvalue weighted by Crippen LogP contribution is 1.99. The van der Waals surface area contributed by atoms with Gasteiger partial charge in [-0.3, -0.25) is 0 Å². The van der Waals surface area contributed by atoms with Crippen LogP contribution in [0.25, 0.3) is 0 Å². The van der Waals surface area contributed by atoms with Crippen LogP contribution in [-0.2, 0) is 0 Å². The zero-order valence-electron chi connectivity index (χ0n) is 5.34. The third kappa shape index (κ3) is 4.42. The van der Waals surface area contributed by atoms with Gasteiger partial charge in [0.15, 0.2) is 0 Å². The average molecular weight is 235 g/mol. The van der Waals surface area contributed by atoms with Crippen molar-refractivity contribution in [1.29, 1.82) is 0 Å². The molecule has 1 rings (SSSR count). The van der Waals surface area contributed by atoms with E-state index in [0.717, 1.165) is 0 Å². The van der Waals surface area contributed by atoms with Gasteiger partial charge in [0.25, 0.3) is 0 Å². The van der Waals surface area contributed by atoms with Crippen LogP contribution in [0.3, 0.4) is 0 Å². The van der Waals surface area contributed by atoms with Crippen molar-refractivity contribution in [3.8, 4) is 0 Å². The minimum Gasteiger partial charge on any atom is -0.333 e. The van der Waals surface area contributed by atoms with Gasteiger partial charge in [-0.05, 0) is 41.8 Å². The molecule has 9 heavy (non-hydrogen) atoms. The van der Waals surface area contributed by atoms with E-state index in [-0.39, 0.29) is 0 Å². The molecule has 2 heteroatoms. The van der Waals surface area contributed by atoms with Crippen molar-refractivity contribution in [2.45, 2.75) is 0 Å². The minimum absolute atomic E-state index is 1.29. The minimum atomic E-state index is 1.29. The summed E-state index contributed by atoms with van der Waals surface area (Å²) in [6.07, 6.45) is 0. The summed E-state index contributed by atoms with van der Waals surface area (Å²) < 4.78 is 1.29. The Morgan fingerprint density at radius 1 is 1.11 bits per heavy atom. The quantitative estimate of drug-likeness (QED) is 0.682. The van der Waals surface area contributed by atoms with E-state index in [1.165, 1.54) is 10.6 Å². The number of nitrogens with two attached hydrogens (primary N) is 1. The Hall–Kier alpha value is -0.0900.